The summed E-state index contributed by atoms with van der Waals surface area (Å²) in [5.74, 6) is -0.235. The number of carbonyl (C=O) groups is 1. The Balaban J connectivity index is 3.92. The molecule has 0 aromatic heterocycles. The van der Waals surface area contributed by atoms with E-state index in [0.29, 0.717) is 0 Å². The first-order chi connectivity index (χ1) is 8.03. The van der Waals surface area contributed by atoms with E-state index in [1.54, 1.807) is 21.3 Å². The molecule has 6 nitrogen and oxygen atoms in total. The van der Waals surface area contributed by atoms with Gasteiger partial charge in [-0.1, -0.05) is 0 Å². The van der Waals surface area contributed by atoms with Crippen molar-refractivity contribution in [3.8, 4) is 0 Å². The van der Waals surface area contributed by atoms with Crippen LogP contribution < -0.4 is 0 Å². The van der Waals surface area contributed by atoms with Gasteiger partial charge in [0.15, 0.2) is 0 Å². The summed E-state index contributed by atoms with van der Waals surface area (Å²) in [4.78, 5) is 12.9. The molecule has 0 atom stereocenters. The number of nitrogens with zero attached hydrogens (tertiary/aromatic N) is 1. The van der Waals surface area contributed by atoms with E-state index >= 15 is 0 Å². The molecular weight excluding hydrogens is 242 g/mol. The average Bonchev–Trinajstić information content (AvgIpc) is 2.35. The van der Waals surface area contributed by atoms with Crippen LogP contribution in [-0.4, -0.2) is 68.3 Å². The van der Waals surface area contributed by atoms with Gasteiger partial charge in [0.05, 0.1) is 13.7 Å². The third-order valence-corrected chi connectivity index (χ3v) is 5.41. The van der Waals surface area contributed by atoms with Crippen LogP contribution in [0.25, 0.3) is 0 Å². The largest absolute Gasteiger partial charge is 0.500 e. The third-order valence-electron chi connectivity index (χ3n) is 2.58. The van der Waals surface area contributed by atoms with Crippen LogP contribution in [0.2, 0.25) is 6.04 Å². The maximum atomic E-state index is 11.0. The first-order valence-electron chi connectivity index (χ1n) is 5.44. The van der Waals surface area contributed by atoms with Gasteiger partial charge in [-0.15, -0.1) is 0 Å². The minimum atomic E-state index is -2.48. The second kappa shape index (κ2) is 8.59. The number of hydrogen-bond donors (Lipinski definition) is 0. The van der Waals surface area contributed by atoms with E-state index in [1.807, 2.05) is 11.9 Å². The topological polar surface area (TPSA) is 57.2 Å². The Bertz CT molecular complexity index is 214. The number of ether oxygens (including phenoxy) is 1. The maximum Gasteiger partial charge on any atom is 0.500 e. The smallest absolute Gasteiger partial charge is 0.468 e. The standard InChI is InChI=1S/C10H23NO5Si/c1-11(9-10(12)13-2)7-6-8-17(14-3,15-4)16-5/h6-9H2,1-5H3. The molecule has 0 aliphatic carbocycles. The molecule has 102 valence electrons. The highest BCUT2D eigenvalue weighted by atomic mass is 28.4. The summed E-state index contributed by atoms with van der Waals surface area (Å²) >= 11 is 0. The summed E-state index contributed by atoms with van der Waals surface area (Å²) < 4.78 is 20.5. The maximum absolute atomic E-state index is 11.0. The average molecular weight is 265 g/mol. The van der Waals surface area contributed by atoms with Gasteiger partial charge in [0, 0.05) is 27.4 Å². The molecule has 0 unspecified atom stereocenters. The predicted molar refractivity (Wildman–Crippen MR) is 65.7 cm³/mol. The number of hydrogen-bond acceptors (Lipinski definition) is 6. The summed E-state index contributed by atoms with van der Waals surface area (Å²) in [6.07, 6.45) is 0.842. The molecule has 0 N–H and O–H groups in total. The number of esters is 1. The lowest BCUT2D eigenvalue weighted by molar-refractivity contribution is -0.141. The molecule has 17 heavy (non-hydrogen) atoms. The highest BCUT2D eigenvalue weighted by Crippen LogP contribution is 2.14. The van der Waals surface area contributed by atoms with E-state index in [9.17, 15) is 4.79 Å². The van der Waals surface area contributed by atoms with Gasteiger partial charge in [-0.2, -0.15) is 0 Å². The number of rotatable bonds is 9. The van der Waals surface area contributed by atoms with Crippen LogP contribution in [0.1, 0.15) is 6.42 Å². The lowest BCUT2D eigenvalue weighted by Crippen LogP contribution is -2.43. The molecule has 0 aliphatic heterocycles. The first-order valence-corrected chi connectivity index (χ1v) is 7.37. The molecule has 0 amide bonds. The molecule has 0 aromatic carbocycles. The third kappa shape index (κ3) is 6.13. The van der Waals surface area contributed by atoms with Crippen molar-refractivity contribution < 1.29 is 22.8 Å². The molecule has 7 heteroatoms. The van der Waals surface area contributed by atoms with Gasteiger partial charge in [-0.3, -0.25) is 9.69 Å². The fourth-order valence-electron chi connectivity index (χ4n) is 1.49. The number of carbonyl (C=O) groups excluding carboxylic acids is 1. The van der Waals surface area contributed by atoms with Crippen molar-refractivity contribution in [3.05, 3.63) is 0 Å². The van der Waals surface area contributed by atoms with Gasteiger partial charge in [-0.25, -0.2) is 0 Å². The summed E-state index contributed by atoms with van der Waals surface area (Å²) in [5.41, 5.74) is 0. The molecule has 0 rings (SSSR count). The lowest BCUT2D eigenvalue weighted by atomic mass is 10.4. The fraction of sp³-hybridized carbons (Fsp3) is 0.900. The SMILES string of the molecule is COC(=O)CN(C)CCC[Si](OC)(OC)OC. The summed E-state index contributed by atoms with van der Waals surface area (Å²) in [5, 5.41) is 0. The van der Waals surface area contributed by atoms with E-state index < -0.39 is 8.80 Å². The molecule has 0 aliphatic rings. The second-order valence-electron chi connectivity index (χ2n) is 3.71. The molecule has 0 bridgehead atoms. The van der Waals surface area contributed by atoms with Crippen LogP contribution in [-0.2, 0) is 22.8 Å². The monoisotopic (exact) mass is 265 g/mol. The molecule has 0 fully saturated rings. The van der Waals surface area contributed by atoms with E-state index in [1.165, 1.54) is 7.11 Å². The zero-order valence-corrected chi connectivity index (χ0v) is 12.3. The van der Waals surface area contributed by atoms with Crippen molar-refractivity contribution in [2.24, 2.45) is 0 Å². The van der Waals surface area contributed by atoms with Crippen molar-refractivity contribution in [1.82, 2.24) is 4.90 Å². The Morgan fingerprint density at radius 3 is 2.06 bits per heavy atom. The second-order valence-corrected chi connectivity index (χ2v) is 6.80. The van der Waals surface area contributed by atoms with Crippen LogP contribution in [0, 0.1) is 0 Å². The summed E-state index contributed by atoms with van der Waals surface area (Å²) in [7, 11) is 5.56. The van der Waals surface area contributed by atoms with E-state index in [2.05, 4.69) is 4.74 Å². The van der Waals surface area contributed by atoms with Gasteiger partial charge >= 0.3 is 14.8 Å². The van der Waals surface area contributed by atoms with Crippen LogP contribution in [0.3, 0.4) is 0 Å². The first kappa shape index (κ1) is 16.5. The minimum absolute atomic E-state index is 0.235. The number of likely N-dealkylation sites (N-methyl/N-ethyl adjacent to an activating group) is 1. The Labute approximate surface area is 104 Å². The molecule has 0 saturated carbocycles. The Kier molecular flexibility index (Phi) is 8.35. The molecule has 0 aromatic rings. The highest BCUT2D eigenvalue weighted by molar-refractivity contribution is 6.60. The minimum Gasteiger partial charge on any atom is -0.468 e. The van der Waals surface area contributed by atoms with Gasteiger partial charge < -0.3 is 18.0 Å². The van der Waals surface area contributed by atoms with Crippen LogP contribution in [0.5, 0.6) is 0 Å². The van der Waals surface area contributed by atoms with Gasteiger partial charge in [-0.05, 0) is 20.0 Å². The van der Waals surface area contributed by atoms with Crippen LogP contribution in [0.15, 0.2) is 0 Å². The summed E-state index contributed by atoms with van der Waals surface area (Å²) in [6, 6.07) is 0.724. The lowest BCUT2D eigenvalue weighted by Gasteiger charge is -2.25. The molecule has 0 radical (unpaired) electrons. The fourth-order valence-corrected chi connectivity index (χ4v) is 3.19. The van der Waals surface area contributed by atoms with Crippen molar-refractivity contribution in [3.63, 3.8) is 0 Å². The Morgan fingerprint density at radius 1 is 1.12 bits per heavy atom. The zero-order valence-electron chi connectivity index (χ0n) is 11.3. The highest BCUT2D eigenvalue weighted by Gasteiger charge is 2.36. The molecule has 0 heterocycles. The normalized spacial score (nSPS) is 11.9. The van der Waals surface area contributed by atoms with Crippen molar-refractivity contribution in [1.29, 1.82) is 0 Å². The van der Waals surface area contributed by atoms with Crippen LogP contribution >= 0.6 is 0 Å². The summed E-state index contributed by atoms with van der Waals surface area (Å²) in [6.45, 7) is 1.05. The Morgan fingerprint density at radius 2 is 1.65 bits per heavy atom. The van der Waals surface area contributed by atoms with Crippen molar-refractivity contribution >= 4 is 14.8 Å². The number of methoxy groups -OCH3 is 1. The van der Waals surface area contributed by atoms with E-state index in [4.69, 9.17) is 13.3 Å². The van der Waals surface area contributed by atoms with Gasteiger partial charge in [0.2, 0.25) is 0 Å². The quantitative estimate of drug-likeness (QED) is 0.443. The van der Waals surface area contributed by atoms with E-state index in [-0.39, 0.29) is 12.5 Å². The van der Waals surface area contributed by atoms with E-state index in [0.717, 1.165) is 19.0 Å². The van der Waals surface area contributed by atoms with Crippen molar-refractivity contribution in [2.45, 2.75) is 12.5 Å². The Hall–Kier alpha value is -0.473. The zero-order chi connectivity index (χ0) is 13.3. The van der Waals surface area contributed by atoms with Crippen LogP contribution in [0.4, 0.5) is 0 Å². The molecule has 0 spiro atoms. The van der Waals surface area contributed by atoms with Gasteiger partial charge in [0.1, 0.15) is 0 Å². The molecular formula is C10H23NO5Si. The van der Waals surface area contributed by atoms with Gasteiger partial charge in [0.25, 0.3) is 0 Å². The predicted octanol–water partition coefficient (Wildman–Crippen LogP) is 0.359. The van der Waals surface area contributed by atoms with Crippen molar-refractivity contribution in [2.75, 3.05) is 48.6 Å². The molecule has 0 saturated heterocycles.